The Morgan fingerprint density at radius 3 is 2.35 bits per heavy atom. The largest absolute Gasteiger partial charge is 0.416 e. The molecule has 2 aromatic carbocycles. The molecule has 31 heavy (non-hydrogen) atoms. The highest BCUT2D eigenvalue weighted by Crippen LogP contribution is 2.38. The molecule has 4 rings (SSSR count). The van der Waals surface area contributed by atoms with Gasteiger partial charge in [-0.2, -0.15) is 17.5 Å². The summed E-state index contributed by atoms with van der Waals surface area (Å²) in [6, 6.07) is 13.5. The van der Waals surface area contributed by atoms with Crippen LogP contribution in [0.2, 0.25) is 0 Å². The summed E-state index contributed by atoms with van der Waals surface area (Å²) in [6.07, 6.45) is -4.44. The first-order valence-corrected chi connectivity index (χ1v) is 11.7. The molecule has 5 nitrogen and oxygen atoms in total. The van der Waals surface area contributed by atoms with E-state index in [1.807, 2.05) is 0 Å². The Kier molecular flexibility index (Phi) is 6.39. The third kappa shape index (κ3) is 4.95. The fourth-order valence-corrected chi connectivity index (χ4v) is 5.94. The van der Waals surface area contributed by atoms with Crippen molar-refractivity contribution < 1.29 is 26.3 Å². The zero-order valence-corrected chi connectivity index (χ0v) is 17.8. The van der Waals surface area contributed by atoms with Crippen LogP contribution < -0.4 is 0 Å². The van der Waals surface area contributed by atoms with Gasteiger partial charge in [-0.15, -0.1) is 0 Å². The van der Waals surface area contributed by atoms with E-state index in [1.165, 1.54) is 10.4 Å². The van der Waals surface area contributed by atoms with Crippen LogP contribution in [0.4, 0.5) is 13.2 Å². The number of morpholine rings is 1. The Balaban J connectivity index is 1.64. The number of hydrogen-bond donors (Lipinski definition) is 0. The van der Waals surface area contributed by atoms with Gasteiger partial charge in [0, 0.05) is 38.6 Å². The Morgan fingerprint density at radius 2 is 1.68 bits per heavy atom. The Labute approximate surface area is 180 Å². The maximum absolute atomic E-state index is 13.3. The lowest BCUT2D eigenvalue weighted by Crippen LogP contribution is -2.41. The van der Waals surface area contributed by atoms with Gasteiger partial charge in [0.2, 0.25) is 10.0 Å². The van der Waals surface area contributed by atoms with Gasteiger partial charge < -0.3 is 4.74 Å². The number of hydrogen-bond acceptors (Lipinski definition) is 4. The molecule has 168 valence electrons. The molecule has 0 bridgehead atoms. The Bertz CT molecular complexity index is 993. The molecule has 0 saturated carbocycles. The molecule has 9 heteroatoms. The molecule has 0 spiro atoms. The number of benzene rings is 2. The van der Waals surface area contributed by atoms with Gasteiger partial charge in [-0.25, -0.2) is 8.42 Å². The van der Waals surface area contributed by atoms with Gasteiger partial charge in [0.15, 0.2) is 0 Å². The lowest BCUT2D eigenvalue weighted by atomic mass is 9.87. The highest BCUT2D eigenvalue weighted by Gasteiger charge is 2.41. The van der Waals surface area contributed by atoms with Crippen molar-refractivity contribution >= 4 is 10.0 Å². The van der Waals surface area contributed by atoms with E-state index in [0.717, 1.165) is 25.2 Å². The van der Waals surface area contributed by atoms with Crippen molar-refractivity contribution in [1.29, 1.82) is 0 Å². The van der Waals surface area contributed by atoms with E-state index >= 15 is 0 Å². The lowest BCUT2D eigenvalue weighted by molar-refractivity contribution is -0.137. The zero-order valence-electron chi connectivity index (χ0n) is 17.0. The predicted molar refractivity (Wildman–Crippen MR) is 110 cm³/mol. The molecule has 0 aliphatic carbocycles. The first-order valence-electron chi connectivity index (χ1n) is 10.3. The van der Waals surface area contributed by atoms with Crippen molar-refractivity contribution in [3.05, 3.63) is 65.7 Å². The quantitative estimate of drug-likeness (QED) is 0.695. The first-order chi connectivity index (χ1) is 14.7. The number of rotatable bonds is 5. The summed E-state index contributed by atoms with van der Waals surface area (Å²) in [5.41, 5.74) is -0.182. The molecule has 0 aromatic heterocycles. The first kappa shape index (κ1) is 22.3. The number of sulfonamides is 1. The van der Waals surface area contributed by atoms with Crippen LogP contribution in [0.3, 0.4) is 0 Å². The topological polar surface area (TPSA) is 49.9 Å². The average molecular weight is 455 g/mol. The third-order valence-electron chi connectivity index (χ3n) is 6.03. The van der Waals surface area contributed by atoms with Crippen molar-refractivity contribution in [3.63, 3.8) is 0 Å². The van der Waals surface area contributed by atoms with Gasteiger partial charge in [-0.1, -0.05) is 36.4 Å². The predicted octanol–water partition coefficient (Wildman–Crippen LogP) is 3.44. The van der Waals surface area contributed by atoms with Crippen LogP contribution in [0.5, 0.6) is 0 Å². The smallest absolute Gasteiger partial charge is 0.379 e. The highest BCUT2D eigenvalue weighted by molar-refractivity contribution is 7.89. The van der Waals surface area contributed by atoms with Crippen LogP contribution >= 0.6 is 0 Å². The van der Waals surface area contributed by atoms with Crippen LogP contribution in [0.15, 0.2) is 59.5 Å². The summed E-state index contributed by atoms with van der Waals surface area (Å²) < 4.78 is 73.0. The van der Waals surface area contributed by atoms with Gasteiger partial charge in [0.25, 0.3) is 0 Å². The fourth-order valence-electron chi connectivity index (χ4n) is 4.39. The summed E-state index contributed by atoms with van der Waals surface area (Å²) in [5, 5.41) is 0. The number of ether oxygens (including phenoxy) is 1. The van der Waals surface area contributed by atoms with Gasteiger partial charge in [-0.05, 0) is 29.7 Å². The van der Waals surface area contributed by atoms with E-state index in [-0.39, 0.29) is 29.8 Å². The summed E-state index contributed by atoms with van der Waals surface area (Å²) >= 11 is 0. The molecule has 2 aromatic rings. The van der Waals surface area contributed by atoms with Crippen molar-refractivity contribution in [1.82, 2.24) is 9.21 Å². The number of nitrogens with zero attached hydrogens (tertiary/aromatic N) is 2. The summed E-state index contributed by atoms with van der Waals surface area (Å²) in [7, 11) is -3.72. The molecule has 2 atom stereocenters. The maximum atomic E-state index is 13.3. The molecule has 0 radical (unpaired) electrons. The van der Waals surface area contributed by atoms with E-state index in [9.17, 15) is 21.6 Å². The van der Waals surface area contributed by atoms with Crippen LogP contribution in [0, 0.1) is 5.92 Å². The van der Waals surface area contributed by atoms with Crippen LogP contribution in [-0.4, -0.2) is 63.6 Å². The monoisotopic (exact) mass is 454 g/mol. The molecular formula is C22H25F3N2O3S. The minimum absolute atomic E-state index is 0.111. The molecule has 2 fully saturated rings. The van der Waals surface area contributed by atoms with Crippen molar-refractivity contribution in [2.24, 2.45) is 5.92 Å². The molecule has 0 amide bonds. The second kappa shape index (κ2) is 8.90. The summed E-state index contributed by atoms with van der Waals surface area (Å²) in [4.78, 5) is 2.40. The molecule has 2 aliphatic rings. The standard InChI is InChI=1S/C22H25F3N2O3S/c23-22(24,25)19-6-4-5-17(13-19)21-16-27(31(28,29)20-7-2-1-3-8-20)15-18(21)14-26-9-11-30-12-10-26/h1-8,13,18,21H,9-12,14-16H2/t18-,21-/m1/s1. The van der Waals surface area contributed by atoms with Crippen molar-refractivity contribution in [2.75, 3.05) is 45.9 Å². The van der Waals surface area contributed by atoms with Gasteiger partial charge in [-0.3, -0.25) is 4.90 Å². The molecule has 0 N–H and O–H groups in total. The number of halogens is 3. The Morgan fingerprint density at radius 1 is 0.968 bits per heavy atom. The Hall–Kier alpha value is -1.94. The molecule has 2 saturated heterocycles. The second-order valence-electron chi connectivity index (χ2n) is 8.04. The molecule has 2 aliphatic heterocycles. The van der Waals surface area contributed by atoms with Crippen molar-refractivity contribution in [2.45, 2.75) is 17.0 Å². The van der Waals surface area contributed by atoms with Gasteiger partial charge in [0.05, 0.1) is 23.7 Å². The van der Waals surface area contributed by atoms with Crippen molar-refractivity contribution in [3.8, 4) is 0 Å². The van der Waals surface area contributed by atoms with Crippen LogP contribution in [0.25, 0.3) is 0 Å². The van der Waals surface area contributed by atoms with E-state index in [1.54, 1.807) is 36.4 Å². The fraction of sp³-hybridized carbons (Fsp3) is 0.455. The second-order valence-corrected chi connectivity index (χ2v) is 9.98. The minimum atomic E-state index is -4.44. The average Bonchev–Trinajstić information content (AvgIpc) is 3.19. The van der Waals surface area contributed by atoms with Gasteiger partial charge >= 0.3 is 6.18 Å². The number of alkyl halides is 3. The van der Waals surface area contributed by atoms with Crippen LogP contribution in [0.1, 0.15) is 17.0 Å². The molecule has 2 heterocycles. The maximum Gasteiger partial charge on any atom is 0.416 e. The summed E-state index contributed by atoms with van der Waals surface area (Å²) in [6.45, 7) is 3.72. The van der Waals surface area contributed by atoms with E-state index < -0.39 is 21.8 Å². The van der Waals surface area contributed by atoms with Gasteiger partial charge in [0.1, 0.15) is 0 Å². The van der Waals surface area contributed by atoms with E-state index in [0.29, 0.717) is 25.3 Å². The zero-order chi connectivity index (χ0) is 22.1. The third-order valence-corrected chi connectivity index (χ3v) is 7.87. The lowest BCUT2D eigenvalue weighted by Gasteiger charge is -2.31. The van der Waals surface area contributed by atoms with Crippen LogP contribution in [-0.2, 0) is 20.9 Å². The highest BCUT2D eigenvalue weighted by atomic mass is 32.2. The minimum Gasteiger partial charge on any atom is -0.379 e. The molecular weight excluding hydrogens is 429 g/mol. The van der Waals surface area contributed by atoms with E-state index in [4.69, 9.17) is 4.74 Å². The van der Waals surface area contributed by atoms with E-state index in [2.05, 4.69) is 4.90 Å². The normalized spacial score (nSPS) is 23.8. The molecule has 0 unspecified atom stereocenters. The SMILES string of the molecule is O=S(=O)(c1ccccc1)N1C[C@@H](CN2CCOCC2)[C@@H](c2cccc(C(F)(F)F)c2)C1. The summed E-state index contributed by atoms with van der Waals surface area (Å²) in [5.74, 6) is -0.427.